The summed E-state index contributed by atoms with van der Waals surface area (Å²) >= 11 is 0. The van der Waals surface area contributed by atoms with E-state index in [0.717, 1.165) is 51.4 Å². The zero-order valence-electron chi connectivity index (χ0n) is 25.4. The number of methoxy groups -OCH3 is 1. The second-order valence-electron chi connectivity index (χ2n) is 15.6. The van der Waals surface area contributed by atoms with Crippen LogP contribution in [0.15, 0.2) is 0 Å². The van der Waals surface area contributed by atoms with Gasteiger partial charge in [0.2, 0.25) is 0 Å². The summed E-state index contributed by atoms with van der Waals surface area (Å²) < 4.78 is 11.3. The Morgan fingerprint density at radius 2 is 1.53 bits per heavy atom. The van der Waals surface area contributed by atoms with Crippen molar-refractivity contribution in [2.45, 2.75) is 119 Å². The molecule has 5 rings (SSSR count). The summed E-state index contributed by atoms with van der Waals surface area (Å²) in [5.74, 6) is 1.64. The van der Waals surface area contributed by atoms with Crippen molar-refractivity contribution in [3.63, 3.8) is 0 Å². The molecule has 0 bridgehead atoms. The van der Waals surface area contributed by atoms with E-state index in [2.05, 4.69) is 48.5 Å². The molecule has 0 spiro atoms. The Bertz CT molecular complexity index is 1020. The molecule has 0 aromatic rings. The van der Waals surface area contributed by atoms with Crippen LogP contribution in [0.5, 0.6) is 0 Å². The first-order valence-electron chi connectivity index (χ1n) is 15.4. The van der Waals surface area contributed by atoms with Crippen molar-refractivity contribution in [1.82, 2.24) is 0 Å². The van der Waals surface area contributed by atoms with Crippen LogP contribution in [-0.2, 0) is 23.9 Å². The molecule has 0 N–H and O–H groups in total. The third-order valence-corrected chi connectivity index (χ3v) is 14.2. The number of hydrogen-bond donors (Lipinski definition) is 0. The summed E-state index contributed by atoms with van der Waals surface area (Å²) in [6.07, 6.45) is 8.24. The van der Waals surface area contributed by atoms with E-state index >= 15 is 0 Å². The Morgan fingerprint density at radius 1 is 0.842 bits per heavy atom. The molecule has 5 fully saturated rings. The molecule has 11 atom stereocenters. The molecular weight excluding hydrogens is 476 g/mol. The maximum Gasteiger partial charge on any atom is 0.312 e. The van der Waals surface area contributed by atoms with Gasteiger partial charge in [-0.05, 0) is 97.2 Å². The molecule has 0 unspecified atom stereocenters. The maximum absolute atomic E-state index is 14.6. The van der Waals surface area contributed by atoms with Gasteiger partial charge in [-0.1, -0.05) is 48.5 Å². The van der Waals surface area contributed by atoms with Gasteiger partial charge >= 0.3 is 11.9 Å². The van der Waals surface area contributed by atoms with Crippen molar-refractivity contribution >= 4 is 17.7 Å². The van der Waals surface area contributed by atoms with Crippen LogP contribution < -0.4 is 0 Å². The van der Waals surface area contributed by atoms with Gasteiger partial charge in [-0.15, -0.1) is 0 Å². The molecule has 0 amide bonds. The zero-order valence-corrected chi connectivity index (χ0v) is 25.4. The quantitative estimate of drug-likeness (QED) is 0.361. The number of rotatable bonds is 2. The van der Waals surface area contributed by atoms with E-state index in [1.807, 2.05) is 0 Å². The lowest BCUT2D eigenvalue weighted by molar-refractivity contribution is -0.250. The summed E-state index contributed by atoms with van der Waals surface area (Å²) in [5, 5.41) is 0. The van der Waals surface area contributed by atoms with Crippen LogP contribution in [0, 0.1) is 62.6 Å². The molecule has 0 saturated heterocycles. The number of fused-ring (bicyclic) bond motifs is 7. The van der Waals surface area contributed by atoms with Crippen LogP contribution in [0.4, 0.5) is 0 Å². The average molecular weight is 529 g/mol. The fourth-order valence-corrected chi connectivity index (χ4v) is 11.9. The monoisotopic (exact) mass is 528 g/mol. The highest BCUT2D eigenvalue weighted by Crippen LogP contribution is 2.76. The van der Waals surface area contributed by atoms with Gasteiger partial charge in [0.1, 0.15) is 11.9 Å². The number of ether oxygens (including phenoxy) is 2. The second kappa shape index (κ2) is 8.80. The van der Waals surface area contributed by atoms with Crippen LogP contribution in [0.1, 0.15) is 113 Å². The van der Waals surface area contributed by atoms with Gasteiger partial charge in [0.05, 0.1) is 12.5 Å². The summed E-state index contributed by atoms with van der Waals surface area (Å²) in [6, 6.07) is 0. The zero-order chi connectivity index (χ0) is 28.1. The summed E-state index contributed by atoms with van der Waals surface area (Å²) in [5.41, 5.74) is -0.718. The van der Waals surface area contributed by atoms with Crippen LogP contribution in [-0.4, -0.2) is 30.9 Å². The van der Waals surface area contributed by atoms with E-state index in [1.54, 1.807) is 0 Å². The van der Waals surface area contributed by atoms with Gasteiger partial charge in [-0.2, -0.15) is 0 Å². The van der Waals surface area contributed by atoms with Crippen molar-refractivity contribution in [2.75, 3.05) is 7.11 Å². The lowest BCUT2D eigenvalue weighted by atomic mass is 9.31. The highest BCUT2D eigenvalue weighted by molar-refractivity contribution is 5.87. The van der Waals surface area contributed by atoms with E-state index < -0.39 is 5.41 Å². The predicted molar refractivity (Wildman–Crippen MR) is 147 cm³/mol. The number of Topliss-reactive ketones (excluding diaryl/α,β-unsaturated/α-hetero) is 1. The minimum Gasteiger partial charge on any atom is -0.469 e. The van der Waals surface area contributed by atoms with Crippen molar-refractivity contribution in [3.05, 3.63) is 0 Å². The van der Waals surface area contributed by atoms with E-state index in [1.165, 1.54) is 14.0 Å². The van der Waals surface area contributed by atoms with Crippen LogP contribution >= 0.6 is 0 Å². The fourth-order valence-electron chi connectivity index (χ4n) is 11.9. The van der Waals surface area contributed by atoms with Crippen molar-refractivity contribution < 1.29 is 23.9 Å². The molecule has 5 nitrogen and oxygen atoms in total. The van der Waals surface area contributed by atoms with Gasteiger partial charge < -0.3 is 9.47 Å². The van der Waals surface area contributed by atoms with Gasteiger partial charge in [0, 0.05) is 24.7 Å². The Labute approximate surface area is 230 Å². The predicted octanol–water partition coefficient (Wildman–Crippen LogP) is 7.01. The smallest absolute Gasteiger partial charge is 0.312 e. The summed E-state index contributed by atoms with van der Waals surface area (Å²) in [4.78, 5) is 40.0. The number of carbonyl (C=O) groups excluding carboxylic acids is 3. The molecule has 5 aliphatic carbocycles. The number of carbonyl (C=O) groups is 3. The fraction of sp³-hybridized carbons (Fsp3) is 0.909. The minimum atomic E-state index is -0.519. The standard InChI is InChI=1S/C33H52O5/c1-19-10-15-33(28(36)37-9)17-16-32(8)27(26(33)20(19)2)22(35)18-24-30(6)13-12-25(38-21(3)34)29(4,5)23(30)11-14-31(24,32)7/h19-20,23-27H,10-18H2,1-9H3/t19-,20-,23-,24+,25-,26+,27-,30+,31+,32-,33-/m0/s1. The SMILES string of the molecule is COC(=O)[C@]12CC[C@H](C)[C@H](C)[C@@H]1[C@@H]1C(=O)C[C@@H]3[C@]4(C)CC[C@H](OC(C)=O)C(C)(C)[C@@H]4CC[C@@]3(C)[C@@]1(C)CC2. The van der Waals surface area contributed by atoms with Crippen molar-refractivity contribution in [1.29, 1.82) is 0 Å². The van der Waals surface area contributed by atoms with Crippen LogP contribution in [0.2, 0.25) is 0 Å². The first-order chi connectivity index (χ1) is 17.6. The molecular formula is C33H52O5. The first kappa shape index (κ1) is 28.1. The number of ketones is 1. The molecule has 214 valence electrons. The first-order valence-corrected chi connectivity index (χ1v) is 15.4. The molecule has 5 aliphatic rings. The summed E-state index contributed by atoms with van der Waals surface area (Å²) in [6.45, 7) is 18.1. The molecule has 0 aromatic carbocycles. The van der Waals surface area contributed by atoms with Gasteiger partial charge in [0.25, 0.3) is 0 Å². The highest BCUT2D eigenvalue weighted by atomic mass is 16.5. The third-order valence-electron chi connectivity index (χ3n) is 14.2. The topological polar surface area (TPSA) is 69.7 Å². The number of hydrogen-bond acceptors (Lipinski definition) is 5. The van der Waals surface area contributed by atoms with Crippen molar-refractivity contribution in [3.8, 4) is 0 Å². The maximum atomic E-state index is 14.6. The summed E-state index contributed by atoms with van der Waals surface area (Å²) in [7, 11) is 1.53. The van der Waals surface area contributed by atoms with Crippen LogP contribution in [0.25, 0.3) is 0 Å². The highest BCUT2D eigenvalue weighted by Gasteiger charge is 2.73. The Morgan fingerprint density at radius 3 is 2.16 bits per heavy atom. The lowest BCUT2D eigenvalue weighted by Gasteiger charge is -2.73. The van der Waals surface area contributed by atoms with Gasteiger partial charge in [-0.3, -0.25) is 14.4 Å². The van der Waals surface area contributed by atoms with E-state index in [0.29, 0.717) is 35.9 Å². The molecule has 5 saturated carbocycles. The van der Waals surface area contributed by atoms with Crippen LogP contribution in [0.3, 0.4) is 0 Å². The van der Waals surface area contributed by atoms with Crippen molar-refractivity contribution in [2.24, 2.45) is 62.6 Å². The Balaban J connectivity index is 1.56. The average Bonchev–Trinajstić information content (AvgIpc) is 2.84. The Hall–Kier alpha value is -1.39. The van der Waals surface area contributed by atoms with E-state index in [4.69, 9.17) is 9.47 Å². The molecule has 38 heavy (non-hydrogen) atoms. The molecule has 0 radical (unpaired) electrons. The lowest BCUT2D eigenvalue weighted by Crippen LogP contribution is -2.70. The third kappa shape index (κ3) is 3.44. The molecule has 0 aliphatic heterocycles. The van der Waals surface area contributed by atoms with E-state index in [9.17, 15) is 14.4 Å². The minimum absolute atomic E-state index is 0.0269. The molecule has 0 heterocycles. The van der Waals surface area contributed by atoms with Gasteiger partial charge in [-0.25, -0.2) is 0 Å². The Kier molecular flexibility index (Phi) is 6.52. The largest absolute Gasteiger partial charge is 0.469 e. The van der Waals surface area contributed by atoms with Gasteiger partial charge in [0.15, 0.2) is 0 Å². The van der Waals surface area contributed by atoms with E-state index in [-0.39, 0.29) is 51.5 Å². The number of esters is 2. The normalized spacial score (nSPS) is 51.5. The molecule has 0 aromatic heterocycles. The second-order valence-corrected chi connectivity index (χ2v) is 15.6. The molecule has 5 heteroatoms.